The molecule has 3 unspecified atom stereocenters. The third-order valence-electron chi connectivity index (χ3n) is 1.69. The van der Waals surface area contributed by atoms with Crippen LogP contribution >= 0.6 is 8.25 Å². The molecular weight excluding hydrogens is 243 g/mol. The number of ketones is 2. The maximum Gasteiger partial charge on any atom is 0.479 e. The minimum absolute atomic E-state index is 0.620. The summed E-state index contributed by atoms with van der Waals surface area (Å²) in [6.07, 6.45) is -1.63. The van der Waals surface area contributed by atoms with E-state index in [1.807, 2.05) is 0 Å². The quantitative estimate of drug-likeness (QED) is 0.320. The molecular formula is C7H12O8P-. The molecule has 0 saturated carbocycles. The van der Waals surface area contributed by atoms with Crippen LogP contribution in [0.4, 0.5) is 0 Å². The van der Waals surface area contributed by atoms with Crippen LogP contribution in [-0.4, -0.2) is 33.5 Å². The Morgan fingerprint density at radius 2 is 1.75 bits per heavy atom. The highest BCUT2D eigenvalue weighted by Gasteiger charge is 2.37. The first-order valence-corrected chi connectivity index (χ1v) is 5.03. The molecule has 0 heterocycles. The molecule has 0 aliphatic rings. The molecule has 0 spiro atoms. The molecule has 0 aromatic heterocycles. The number of carbonyl (C=O) groups excluding carboxylic acids is 2. The van der Waals surface area contributed by atoms with E-state index in [1.54, 1.807) is 0 Å². The van der Waals surface area contributed by atoms with Crippen molar-refractivity contribution < 1.29 is 39.2 Å². The van der Waals surface area contributed by atoms with Gasteiger partial charge in [0.25, 0.3) is 0 Å². The highest BCUT2D eigenvalue weighted by Crippen LogP contribution is 2.11. The average Bonchev–Trinajstić information content (AvgIpc) is 2.16. The summed E-state index contributed by atoms with van der Waals surface area (Å²) in [4.78, 5) is 30.1. The van der Waals surface area contributed by atoms with E-state index in [0.29, 0.717) is 0 Å². The Morgan fingerprint density at radius 3 is 1.81 bits per heavy atom. The first-order valence-electron chi connectivity index (χ1n) is 3.93. The summed E-state index contributed by atoms with van der Waals surface area (Å²) in [6, 6.07) is 0. The van der Waals surface area contributed by atoms with Gasteiger partial charge in [-0.05, 0) is 25.3 Å². The van der Waals surface area contributed by atoms with E-state index in [4.69, 9.17) is 19.8 Å². The molecule has 16 heavy (non-hydrogen) atoms. The maximum atomic E-state index is 10.6. The number of hydrogen-bond acceptors (Lipinski definition) is 8. The monoisotopic (exact) mass is 255 g/mol. The molecule has 0 aliphatic heterocycles. The van der Waals surface area contributed by atoms with Gasteiger partial charge >= 0.3 is 8.25 Å². The number of rotatable bonds is 4. The lowest BCUT2D eigenvalue weighted by atomic mass is 9.92. The van der Waals surface area contributed by atoms with E-state index in [-0.39, 0.29) is 0 Å². The average molecular weight is 255 g/mol. The fourth-order valence-electron chi connectivity index (χ4n) is 0.588. The highest BCUT2D eigenvalue weighted by atomic mass is 31.1. The van der Waals surface area contributed by atoms with Crippen molar-refractivity contribution in [1.29, 1.82) is 0 Å². The van der Waals surface area contributed by atoms with Crippen molar-refractivity contribution in [2.24, 2.45) is 0 Å². The second-order valence-corrected chi connectivity index (χ2v) is 3.61. The topological polar surface area (TPSA) is 147 Å². The molecule has 94 valence electrons. The summed E-state index contributed by atoms with van der Waals surface area (Å²) in [5, 5.41) is 26.7. The minimum atomic E-state index is -3.15. The normalized spacial score (nSPS) is 16.3. The Balaban J connectivity index is 0. The second-order valence-electron chi connectivity index (χ2n) is 3.02. The lowest BCUT2D eigenvalue weighted by molar-refractivity contribution is -0.644. The Bertz CT molecular complexity index is 274. The molecule has 0 amide bonds. The van der Waals surface area contributed by atoms with E-state index in [0.717, 1.165) is 20.8 Å². The van der Waals surface area contributed by atoms with Gasteiger partial charge in [0.15, 0.2) is 17.2 Å². The molecule has 0 aromatic carbocycles. The Kier molecular flexibility index (Phi) is 8.27. The minimum Gasteiger partial charge on any atom is -0.674 e. The van der Waals surface area contributed by atoms with Crippen LogP contribution in [0, 0.1) is 0 Å². The van der Waals surface area contributed by atoms with Crippen molar-refractivity contribution in [3.8, 4) is 0 Å². The lowest BCUT2D eigenvalue weighted by Gasteiger charge is -2.23. The zero-order chi connectivity index (χ0) is 13.5. The molecule has 0 fully saturated rings. The molecule has 3 atom stereocenters. The molecule has 0 saturated heterocycles. The zero-order valence-electron chi connectivity index (χ0n) is 8.87. The summed E-state index contributed by atoms with van der Waals surface area (Å²) in [7, 11) is -3.15. The predicted molar refractivity (Wildman–Crippen MR) is 46.7 cm³/mol. The Hall–Kier alpha value is -0.760. The molecule has 0 radical (unpaired) electrons. The largest absolute Gasteiger partial charge is 0.674 e. The van der Waals surface area contributed by atoms with Crippen LogP contribution in [0.1, 0.15) is 20.8 Å². The molecule has 0 bridgehead atoms. The van der Waals surface area contributed by atoms with Crippen molar-refractivity contribution in [3.05, 3.63) is 0 Å². The van der Waals surface area contributed by atoms with E-state index in [1.165, 1.54) is 0 Å². The van der Waals surface area contributed by atoms with Crippen LogP contribution in [0.3, 0.4) is 0 Å². The third kappa shape index (κ3) is 6.67. The van der Waals surface area contributed by atoms with Crippen molar-refractivity contribution in [2.45, 2.75) is 32.5 Å². The maximum absolute atomic E-state index is 10.6. The van der Waals surface area contributed by atoms with Gasteiger partial charge in [0.05, 0.1) is 0 Å². The predicted octanol–water partition coefficient (Wildman–Crippen LogP) is -2.43. The number of hydrogen-bond donors (Lipinski definition) is 2. The van der Waals surface area contributed by atoms with Gasteiger partial charge in [-0.2, -0.15) is 0 Å². The van der Waals surface area contributed by atoms with Crippen molar-refractivity contribution in [2.75, 3.05) is 0 Å². The standard InChI is InChI=1S/C7H12O4.HO4P/c1-4(8)6(10)7(3,11)5(2)9;1-4-5(2)3/h6,10-11H,1-3H3;1H/p-1. The van der Waals surface area contributed by atoms with Crippen molar-refractivity contribution >= 4 is 19.8 Å². The second kappa shape index (κ2) is 7.50. The highest BCUT2D eigenvalue weighted by molar-refractivity contribution is 7.30. The van der Waals surface area contributed by atoms with Crippen molar-refractivity contribution in [3.63, 3.8) is 0 Å². The van der Waals surface area contributed by atoms with Gasteiger partial charge in [0.1, 0.15) is 6.10 Å². The first kappa shape index (κ1) is 17.6. The van der Waals surface area contributed by atoms with E-state index >= 15 is 0 Å². The SMILES string of the molecule is CC(=O)C(O)C(C)(O)C(C)=O.O=[P+]([O-])O[O-]. The fourth-order valence-corrected chi connectivity index (χ4v) is 0.588. The van der Waals surface area contributed by atoms with Crippen LogP contribution in [0.15, 0.2) is 0 Å². The summed E-state index contributed by atoms with van der Waals surface area (Å²) in [5.74, 6) is -1.24. The van der Waals surface area contributed by atoms with Gasteiger partial charge in [-0.15, -0.1) is 0 Å². The van der Waals surface area contributed by atoms with Gasteiger partial charge in [0, 0.05) is 0 Å². The van der Waals surface area contributed by atoms with Crippen LogP contribution in [0.25, 0.3) is 0 Å². The van der Waals surface area contributed by atoms with Gasteiger partial charge in [-0.3, -0.25) is 9.59 Å². The fraction of sp³-hybridized carbons (Fsp3) is 0.714. The zero-order valence-corrected chi connectivity index (χ0v) is 9.76. The van der Waals surface area contributed by atoms with Crippen LogP contribution in [0.5, 0.6) is 0 Å². The summed E-state index contributed by atoms with van der Waals surface area (Å²) in [6.45, 7) is 3.34. The molecule has 9 heteroatoms. The Morgan fingerprint density at radius 1 is 1.44 bits per heavy atom. The van der Waals surface area contributed by atoms with E-state index in [9.17, 15) is 14.7 Å². The third-order valence-corrected chi connectivity index (χ3v) is 1.81. The van der Waals surface area contributed by atoms with Gasteiger partial charge in [-0.25, -0.2) is 4.67 Å². The smallest absolute Gasteiger partial charge is 0.479 e. The summed E-state index contributed by atoms with van der Waals surface area (Å²) >= 11 is 0. The van der Waals surface area contributed by atoms with Crippen LogP contribution in [0.2, 0.25) is 0 Å². The molecule has 0 rings (SSSR count). The molecule has 0 aliphatic carbocycles. The van der Waals surface area contributed by atoms with E-state index in [2.05, 4.69) is 4.67 Å². The number of aliphatic hydroxyl groups is 2. The van der Waals surface area contributed by atoms with Gasteiger partial charge in [0.2, 0.25) is 0 Å². The van der Waals surface area contributed by atoms with Crippen molar-refractivity contribution in [1.82, 2.24) is 0 Å². The molecule has 0 aromatic rings. The first-order chi connectivity index (χ1) is 7.07. The summed E-state index contributed by atoms with van der Waals surface area (Å²) < 4.78 is 11.3. The molecule has 8 nitrogen and oxygen atoms in total. The number of Topliss-reactive ketones (excluding diaryl/α,β-unsaturated/α-hetero) is 2. The van der Waals surface area contributed by atoms with E-state index < -0.39 is 31.5 Å². The Labute approximate surface area is 92.4 Å². The number of aliphatic hydroxyl groups excluding tert-OH is 1. The lowest BCUT2D eigenvalue weighted by Crippen LogP contribution is -2.49. The molecule has 2 N–H and O–H groups in total. The number of carbonyl (C=O) groups is 2. The van der Waals surface area contributed by atoms with Crippen LogP contribution < -0.4 is 10.2 Å². The van der Waals surface area contributed by atoms with Gasteiger partial charge in [-0.1, -0.05) is 0 Å². The van der Waals surface area contributed by atoms with Gasteiger partial charge < -0.3 is 20.4 Å². The van der Waals surface area contributed by atoms with Crippen LogP contribution in [-0.2, 0) is 18.8 Å². The summed E-state index contributed by atoms with van der Waals surface area (Å²) in [5.41, 5.74) is -1.95.